The molecule has 44 heavy (non-hydrogen) atoms. The third-order valence-electron chi connectivity index (χ3n) is 6.98. The Hall–Kier alpha value is -3.73. The Morgan fingerprint density at radius 3 is 2.68 bits per heavy atom. The van der Waals surface area contributed by atoms with Gasteiger partial charge in [-0.25, -0.2) is 9.55 Å². The lowest BCUT2D eigenvalue weighted by molar-refractivity contribution is -0.149. The molecule has 1 aliphatic carbocycles. The van der Waals surface area contributed by atoms with Crippen LogP contribution in [-0.4, -0.2) is 70.9 Å². The van der Waals surface area contributed by atoms with Gasteiger partial charge in [0.25, 0.3) is 0 Å². The van der Waals surface area contributed by atoms with Crippen molar-refractivity contribution >= 4 is 30.8 Å². The monoisotopic (exact) mass is 630 g/mol. The number of nitrogen functional groups attached to an aromatic ring is 1. The minimum atomic E-state index is -4.20. The van der Waals surface area contributed by atoms with Crippen LogP contribution < -0.4 is 20.1 Å². The van der Waals surface area contributed by atoms with Crippen molar-refractivity contribution in [2.75, 3.05) is 32.9 Å². The van der Waals surface area contributed by atoms with Crippen LogP contribution in [-0.2, 0) is 28.1 Å². The molecule has 238 valence electrons. The molecule has 2 aromatic heterocycles. The van der Waals surface area contributed by atoms with E-state index in [2.05, 4.69) is 26.0 Å². The number of para-hydroxylation sites is 1. The highest BCUT2D eigenvalue weighted by molar-refractivity contribution is 7.52. The molecule has 1 aromatic carbocycles. The maximum Gasteiger partial charge on any atom is 0.459 e. The molecule has 14 nitrogen and oxygen atoms in total. The number of esters is 1. The van der Waals surface area contributed by atoms with Crippen molar-refractivity contribution in [1.29, 1.82) is 0 Å². The SMILES string of the molecule is C#C[C@]1(CO[P@@](=O)(N[C@@H](C)C(=O)OC(C)C)Oc2ccccc2)C[C@@H](n2cnc3c(OCC)nc(N)nc32)C[C@@H]1OCOC. The number of rotatable bonds is 15. The normalized spacial score (nSPS) is 21.9. The number of imidazole rings is 1. The molecule has 0 radical (unpaired) electrons. The second-order valence-corrected chi connectivity index (χ2v) is 12.3. The molecule has 1 saturated carbocycles. The first kappa shape index (κ1) is 33.2. The summed E-state index contributed by atoms with van der Waals surface area (Å²) in [7, 11) is -2.70. The highest BCUT2D eigenvalue weighted by Crippen LogP contribution is 2.52. The number of fused-ring (bicyclic) bond motifs is 1. The molecule has 1 aliphatic rings. The van der Waals surface area contributed by atoms with E-state index in [9.17, 15) is 9.36 Å². The smallest absolute Gasteiger partial charge is 0.459 e. The van der Waals surface area contributed by atoms with Gasteiger partial charge in [0.2, 0.25) is 11.8 Å². The van der Waals surface area contributed by atoms with Crippen molar-refractivity contribution in [1.82, 2.24) is 24.6 Å². The van der Waals surface area contributed by atoms with Crippen LogP contribution in [0.25, 0.3) is 11.2 Å². The number of nitrogens with one attached hydrogen (secondary N) is 1. The van der Waals surface area contributed by atoms with E-state index in [0.717, 1.165) is 0 Å². The molecule has 2 heterocycles. The predicted octanol–water partition coefficient (Wildman–Crippen LogP) is 3.88. The topological polar surface area (TPSA) is 171 Å². The zero-order valence-corrected chi connectivity index (χ0v) is 26.4. The zero-order valence-electron chi connectivity index (χ0n) is 25.5. The Bertz CT molecular complexity index is 1510. The number of aromatic nitrogens is 4. The number of terminal acetylenes is 1. The molecule has 0 bridgehead atoms. The van der Waals surface area contributed by atoms with Crippen molar-refractivity contribution in [3.63, 3.8) is 0 Å². The predicted molar refractivity (Wildman–Crippen MR) is 162 cm³/mol. The number of nitrogens with two attached hydrogens (primary N) is 1. The van der Waals surface area contributed by atoms with Crippen LogP contribution >= 0.6 is 7.75 Å². The third kappa shape index (κ3) is 7.67. The average molecular weight is 631 g/mol. The summed E-state index contributed by atoms with van der Waals surface area (Å²) < 4.78 is 50.0. The van der Waals surface area contributed by atoms with Gasteiger partial charge in [-0.2, -0.15) is 15.1 Å². The highest BCUT2D eigenvalue weighted by atomic mass is 31.2. The van der Waals surface area contributed by atoms with Gasteiger partial charge in [0, 0.05) is 13.2 Å². The summed E-state index contributed by atoms with van der Waals surface area (Å²) in [5, 5.41) is 2.70. The van der Waals surface area contributed by atoms with Crippen LogP contribution in [0, 0.1) is 17.8 Å². The molecule has 1 fully saturated rings. The van der Waals surface area contributed by atoms with Gasteiger partial charge in [-0.15, -0.1) is 6.42 Å². The molecule has 3 N–H and O–H groups in total. The molecule has 0 amide bonds. The van der Waals surface area contributed by atoms with E-state index in [0.29, 0.717) is 30.6 Å². The molecular weight excluding hydrogens is 591 g/mol. The summed E-state index contributed by atoms with van der Waals surface area (Å²) in [6, 6.07) is 7.18. The highest BCUT2D eigenvalue weighted by Gasteiger charge is 2.50. The van der Waals surface area contributed by atoms with Gasteiger partial charge >= 0.3 is 13.7 Å². The summed E-state index contributed by atoms with van der Waals surface area (Å²) in [5.74, 6) is 2.81. The Morgan fingerprint density at radius 1 is 1.27 bits per heavy atom. The largest absolute Gasteiger partial charge is 0.476 e. The number of carbonyl (C=O) groups excluding carboxylic acids is 1. The van der Waals surface area contributed by atoms with Gasteiger partial charge in [0.05, 0.1) is 37.2 Å². The summed E-state index contributed by atoms with van der Waals surface area (Å²) in [4.78, 5) is 25.6. The molecule has 5 atom stereocenters. The molecule has 0 spiro atoms. The first-order valence-electron chi connectivity index (χ1n) is 14.2. The first-order chi connectivity index (χ1) is 21.0. The summed E-state index contributed by atoms with van der Waals surface area (Å²) in [6.07, 6.45) is 7.58. The van der Waals surface area contributed by atoms with Crippen molar-refractivity contribution < 1.29 is 37.4 Å². The third-order valence-corrected chi connectivity index (χ3v) is 8.60. The van der Waals surface area contributed by atoms with Crippen molar-refractivity contribution in [2.24, 2.45) is 5.41 Å². The Labute approximate surface area is 256 Å². The van der Waals surface area contributed by atoms with Crippen molar-refractivity contribution in [3.8, 4) is 24.0 Å². The van der Waals surface area contributed by atoms with Crippen LogP contribution in [0.15, 0.2) is 36.7 Å². The number of anilines is 1. The zero-order chi connectivity index (χ0) is 31.9. The van der Waals surface area contributed by atoms with E-state index in [1.54, 1.807) is 50.5 Å². The molecule has 4 rings (SSSR count). The second-order valence-electron chi connectivity index (χ2n) is 10.6. The van der Waals surface area contributed by atoms with E-state index in [-0.39, 0.29) is 43.1 Å². The Morgan fingerprint density at radius 2 is 2.02 bits per heavy atom. The van der Waals surface area contributed by atoms with Gasteiger partial charge in [-0.1, -0.05) is 24.1 Å². The molecule has 15 heteroatoms. The lowest BCUT2D eigenvalue weighted by Crippen LogP contribution is -2.39. The Balaban J connectivity index is 1.64. The van der Waals surface area contributed by atoms with E-state index >= 15 is 0 Å². The molecule has 0 saturated heterocycles. The van der Waals surface area contributed by atoms with E-state index in [1.165, 1.54) is 14.0 Å². The second kappa shape index (κ2) is 14.4. The van der Waals surface area contributed by atoms with Gasteiger partial charge in [0.1, 0.15) is 18.6 Å². The number of benzene rings is 1. The van der Waals surface area contributed by atoms with Crippen LogP contribution in [0.2, 0.25) is 0 Å². The molecule has 0 unspecified atom stereocenters. The molecular formula is C29H39N6O8P. The number of carbonyl (C=O) groups is 1. The maximum atomic E-state index is 14.2. The minimum absolute atomic E-state index is 0.0367. The van der Waals surface area contributed by atoms with Crippen LogP contribution in [0.5, 0.6) is 11.6 Å². The van der Waals surface area contributed by atoms with Crippen molar-refractivity contribution in [3.05, 3.63) is 36.7 Å². The Kier molecular flexibility index (Phi) is 10.8. The fourth-order valence-electron chi connectivity index (χ4n) is 4.99. The minimum Gasteiger partial charge on any atom is -0.476 e. The van der Waals surface area contributed by atoms with Crippen LogP contribution in [0.3, 0.4) is 0 Å². The van der Waals surface area contributed by atoms with Gasteiger partial charge < -0.3 is 33.8 Å². The molecule has 3 aromatic rings. The lowest BCUT2D eigenvalue weighted by Gasteiger charge is -2.32. The van der Waals surface area contributed by atoms with E-state index in [4.69, 9.17) is 40.2 Å². The number of nitrogens with zero attached hydrogens (tertiary/aromatic N) is 4. The number of methoxy groups -OCH3 is 1. The fourth-order valence-corrected chi connectivity index (χ4v) is 6.55. The average Bonchev–Trinajstić information content (AvgIpc) is 3.57. The number of hydrogen-bond donors (Lipinski definition) is 2. The fraction of sp³-hybridized carbons (Fsp3) is 0.517. The van der Waals surface area contributed by atoms with Gasteiger partial charge in [-0.3, -0.25) is 9.32 Å². The van der Waals surface area contributed by atoms with E-state index in [1.807, 2.05) is 11.5 Å². The summed E-state index contributed by atoms with van der Waals surface area (Å²) in [5.41, 5.74) is 5.81. The number of ether oxygens (including phenoxy) is 4. The van der Waals surface area contributed by atoms with Crippen LogP contribution in [0.4, 0.5) is 5.95 Å². The first-order valence-corrected chi connectivity index (χ1v) is 15.8. The van der Waals surface area contributed by atoms with Gasteiger partial charge in [0.15, 0.2) is 11.2 Å². The lowest BCUT2D eigenvalue weighted by atomic mass is 9.86. The van der Waals surface area contributed by atoms with Gasteiger partial charge in [-0.05, 0) is 52.7 Å². The summed E-state index contributed by atoms with van der Waals surface area (Å²) >= 11 is 0. The maximum absolute atomic E-state index is 14.2. The van der Waals surface area contributed by atoms with Crippen molar-refractivity contribution in [2.45, 2.75) is 64.8 Å². The van der Waals surface area contributed by atoms with E-state index < -0.39 is 31.3 Å². The molecule has 0 aliphatic heterocycles. The number of hydrogen-bond acceptors (Lipinski definition) is 12. The quantitative estimate of drug-likeness (QED) is 0.107. The van der Waals surface area contributed by atoms with Crippen LogP contribution in [0.1, 0.15) is 46.6 Å². The summed E-state index contributed by atoms with van der Waals surface area (Å²) in [6.45, 7) is 6.87. The standard InChI is InChI=1S/C29H39N6O8P/c1-7-29(16-41-44(37,43-22-12-10-9-11-13-22)34-20(5)27(36)42-19(3)4)15-21(14-23(29)40-18-38-6)35-17-31-24-25(35)32-28(30)33-26(24)39-8-2/h1,9-13,17,19-21,23H,8,14-16,18H2,2-6H3,(H,34,37)(H2,30,32,33)/t20-,21-,23-,29+,44-/m0/s1.